The Morgan fingerprint density at radius 1 is 1.32 bits per heavy atom. The van der Waals surface area contributed by atoms with Gasteiger partial charge < -0.3 is 19.7 Å². The Morgan fingerprint density at radius 2 is 2.00 bits per heavy atom. The van der Waals surface area contributed by atoms with Crippen LogP contribution in [0, 0.1) is 0 Å². The molecule has 5 heteroatoms. The number of ether oxygens (including phenoxy) is 2. The van der Waals surface area contributed by atoms with Crippen LogP contribution in [0.15, 0.2) is 12.7 Å². The Labute approximate surface area is 135 Å². The number of nitrogens with one attached hydrogen (secondary N) is 1. The van der Waals surface area contributed by atoms with Crippen molar-refractivity contribution in [1.82, 2.24) is 10.2 Å². The van der Waals surface area contributed by atoms with E-state index >= 15 is 0 Å². The summed E-state index contributed by atoms with van der Waals surface area (Å²) in [7, 11) is 0. The van der Waals surface area contributed by atoms with Crippen LogP contribution in [0.25, 0.3) is 0 Å². The summed E-state index contributed by atoms with van der Waals surface area (Å²) in [6.45, 7) is 11.3. The first-order valence-corrected chi connectivity index (χ1v) is 8.57. The Kier molecular flexibility index (Phi) is 9.91. The molecule has 5 nitrogen and oxygen atoms in total. The van der Waals surface area contributed by atoms with E-state index in [4.69, 9.17) is 9.47 Å². The highest BCUT2D eigenvalue weighted by atomic mass is 16.6. The van der Waals surface area contributed by atoms with Crippen molar-refractivity contribution in [2.24, 2.45) is 0 Å². The van der Waals surface area contributed by atoms with Gasteiger partial charge in [-0.25, -0.2) is 4.79 Å². The molecule has 0 spiro atoms. The number of hydrogen-bond donors (Lipinski definition) is 1. The average molecular weight is 312 g/mol. The van der Waals surface area contributed by atoms with Gasteiger partial charge in [-0.2, -0.15) is 0 Å². The maximum atomic E-state index is 12.1. The summed E-state index contributed by atoms with van der Waals surface area (Å²) in [6, 6.07) is 0.268. The lowest BCUT2D eigenvalue weighted by Gasteiger charge is -2.27. The predicted molar refractivity (Wildman–Crippen MR) is 89.1 cm³/mol. The van der Waals surface area contributed by atoms with Crippen LogP contribution in [0.2, 0.25) is 0 Å². The molecule has 128 valence electrons. The number of amides is 1. The van der Waals surface area contributed by atoms with Crippen LogP contribution < -0.4 is 5.32 Å². The molecule has 1 aliphatic rings. The third-order valence-corrected chi connectivity index (χ3v) is 4.10. The maximum absolute atomic E-state index is 12.1. The zero-order valence-electron chi connectivity index (χ0n) is 14.2. The van der Waals surface area contributed by atoms with Crippen molar-refractivity contribution in [3.63, 3.8) is 0 Å². The van der Waals surface area contributed by atoms with E-state index in [1.165, 1.54) is 19.3 Å². The van der Waals surface area contributed by atoms with Crippen LogP contribution in [0.4, 0.5) is 4.79 Å². The number of likely N-dealkylation sites (N-methyl/N-ethyl adjacent to an activating group) is 1. The molecular weight excluding hydrogens is 280 g/mol. The molecule has 0 heterocycles. The first kappa shape index (κ1) is 19.0. The van der Waals surface area contributed by atoms with Gasteiger partial charge in [0.1, 0.15) is 6.10 Å². The molecule has 1 N–H and O–H groups in total. The van der Waals surface area contributed by atoms with E-state index in [-0.39, 0.29) is 18.2 Å². The minimum Gasteiger partial charge on any atom is -0.442 e. The highest BCUT2D eigenvalue weighted by Crippen LogP contribution is 2.17. The van der Waals surface area contributed by atoms with Crippen LogP contribution >= 0.6 is 0 Å². The van der Waals surface area contributed by atoms with E-state index in [0.717, 1.165) is 25.9 Å². The topological polar surface area (TPSA) is 50.8 Å². The van der Waals surface area contributed by atoms with Crippen LogP contribution in [0.1, 0.15) is 46.0 Å². The smallest absolute Gasteiger partial charge is 0.407 e. The molecule has 0 bridgehead atoms. The van der Waals surface area contributed by atoms with E-state index < -0.39 is 0 Å². The number of nitrogens with zero attached hydrogens (tertiary/aromatic N) is 1. The van der Waals surface area contributed by atoms with E-state index in [0.29, 0.717) is 19.8 Å². The molecule has 0 radical (unpaired) electrons. The minimum absolute atomic E-state index is 0.247. The van der Waals surface area contributed by atoms with E-state index in [1.54, 1.807) is 6.08 Å². The highest BCUT2D eigenvalue weighted by Gasteiger charge is 2.21. The summed E-state index contributed by atoms with van der Waals surface area (Å²) in [5, 5.41) is 2.99. The molecule has 0 aromatic heterocycles. The van der Waals surface area contributed by atoms with E-state index in [1.807, 2.05) is 0 Å². The second-order valence-electron chi connectivity index (χ2n) is 5.82. The summed E-state index contributed by atoms with van der Waals surface area (Å²) in [4.78, 5) is 14.3. The fraction of sp³-hybridized carbons (Fsp3) is 0.824. The number of carbonyl (C=O) groups excluding carboxylic acids is 1. The van der Waals surface area contributed by atoms with E-state index in [9.17, 15) is 4.79 Å². The summed E-state index contributed by atoms with van der Waals surface area (Å²) in [6.07, 6.45) is 6.91. The first-order chi connectivity index (χ1) is 10.7. The van der Waals surface area contributed by atoms with Gasteiger partial charge in [0.15, 0.2) is 0 Å². The molecule has 1 amide bonds. The first-order valence-electron chi connectivity index (χ1n) is 8.57. The van der Waals surface area contributed by atoms with Crippen molar-refractivity contribution >= 4 is 6.09 Å². The molecule has 0 aromatic rings. The van der Waals surface area contributed by atoms with Gasteiger partial charge in [0, 0.05) is 12.6 Å². The van der Waals surface area contributed by atoms with Crippen molar-refractivity contribution < 1.29 is 14.3 Å². The standard InChI is InChI=1S/C17H32N2O3/c1-4-12-21-14-16(13-19(5-2)6-3)22-17(20)18-15-10-8-7-9-11-15/h4,15-16H,1,5-14H2,2-3H3,(H,18,20). The lowest BCUT2D eigenvalue weighted by molar-refractivity contribution is 0.00993. The Bertz CT molecular complexity index is 313. The van der Waals surface area contributed by atoms with Gasteiger partial charge >= 0.3 is 6.09 Å². The zero-order valence-corrected chi connectivity index (χ0v) is 14.2. The fourth-order valence-corrected chi connectivity index (χ4v) is 2.78. The molecule has 1 fully saturated rings. The lowest BCUT2D eigenvalue weighted by Crippen LogP contribution is -2.43. The Balaban J connectivity index is 2.42. The summed E-state index contributed by atoms with van der Waals surface area (Å²) in [5.41, 5.74) is 0. The number of alkyl carbamates (subject to hydrolysis) is 1. The maximum Gasteiger partial charge on any atom is 0.407 e. The van der Waals surface area contributed by atoms with Gasteiger partial charge in [-0.15, -0.1) is 6.58 Å². The molecule has 0 aliphatic heterocycles. The summed E-state index contributed by atoms with van der Waals surface area (Å²) in [5.74, 6) is 0. The third kappa shape index (κ3) is 7.80. The fourth-order valence-electron chi connectivity index (χ4n) is 2.78. The van der Waals surface area contributed by atoms with Gasteiger partial charge in [-0.3, -0.25) is 0 Å². The molecule has 1 atom stereocenters. The molecular formula is C17H32N2O3. The summed E-state index contributed by atoms with van der Waals surface area (Å²) >= 11 is 0. The second kappa shape index (κ2) is 11.5. The quantitative estimate of drug-likeness (QED) is 0.498. The number of carbonyl (C=O) groups is 1. The third-order valence-electron chi connectivity index (χ3n) is 4.10. The lowest BCUT2D eigenvalue weighted by atomic mass is 9.96. The van der Waals surface area contributed by atoms with Crippen molar-refractivity contribution in [1.29, 1.82) is 0 Å². The summed E-state index contributed by atoms with van der Waals surface area (Å²) < 4.78 is 11.1. The monoisotopic (exact) mass is 312 g/mol. The SMILES string of the molecule is C=CCOCC(CN(CC)CC)OC(=O)NC1CCCCC1. The van der Waals surface area contributed by atoms with Gasteiger partial charge in [-0.1, -0.05) is 39.2 Å². The Hall–Kier alpha value is -1.07. The van der Waals surface area contributed by atoms with Gasteiger partial charge in [0.2, 0.25) is 0 Å². The van der Waals surface area contributed by atoms with Crippen molar-refractivity contribution in [3.05, 3.63) is 12.7 Å². The van der Waals surface area contributed by atoms with Crippen molar-refractivity contribution in [2.45, 2.75) is 58.1 Å². The minimum atomic E-state index is -0.314. The van der Waals surface area contributed by atoms with E-state index in [2.05, 4.69) is 30.6 Å². The highest BCUT2D eigenvalue weighted by molar-refractivity contribution is 5.67. The van der Waals surface area contributed by atoms with Crippen molar-refractivity contribution in [2.75, 3.05) is 32.8 Å². The molecule has 1 aliphatic carbocycles. The predicted octanol–water partition coefficient (Wildman–Crippen LogP) is 2.96. The van der Waals surface area contributed by atoms with Gasteiger partial charge in [0.25, 0.3) is 0 Å². The zero-order chi connectivity index (χ0) is 16.2. The van der Waals surface area contributed by atoms with Crippen LogP contribution in [-0.2, 0) is 9.47 Å². The number of rotatable bonds is 10. The van der Waals surface area contributed by atoms with Crippen LogP contribution in [-0.4, -0.2) is 56.0 Å². The second-order valence-corrected chi connectivity index (χ2v) is 5.82. The normalized spacial score (nSPS) is 17.2. The molecule has 0 aromatic carbocycles. The van der Waals surface area contributed by atoms with Gasteiger partial charge in [-0.05, 0) is 25.9 Å². The van der Waals surface area contributed by atoms with Crippen LogP contribution in [0.5, 0.6) is 0 Å². The van der Waals surface area contributed by atoms with Crippen molar-refractivity contribution in [3.8, 4) is 0 Å². The molecule has 1 rings (SSSR count). The largest absolute Gasteiger partial charge is 0.442 e. The van der Waals surface area contributed by atoms with Crippen LogP contribution in [0.3, 0.4) is 0 Å². The molecule has 0 saturated heterocycles. The molecule has 22 heavy (non-hydrogen) atoms. The number of hydrogen-bond acceptors (Lipinski definition) is 4. The van der Waals surface area contributed by atoms with Gasteiger partial charge in [0.05, 0.1) is 13.2 Å². The Morgan fingerprint density at radius 3 is 2.59 bits per heavy atom. The molecule has 1 saturated carbocycles. The average Bonchev–Trinajstić information content (AvgIpc) is 2.53. The molecule has 1 unspecified atom stereocenters.